The van der Waals surface area contributed by atoms with Crippen LogP contribution in [0.1, 0.15) is 35.5 Å². The van der Waals surface area contributed by atoms with Gasteiger partial charge in [-0.25, -0.2) is 4.68 Å². The summed E-state index contributed by atoms with van der Waals surface area (Å²) in [5, 5.41) is 12.5. The van der Waals surface area contributed by atoms with E-state index >= 15 is 0 Å². The number of ether oxygens (including phenoxy) is 3. The second-order valence-electron chi connectivity index (χ2n) is 6.78. The Hall–Kier alpha value is -3.62. The minimum absolute atomic E-state index is 0.127. The van der Waals surface area contributed by atoms with Gasteiger partial charge in [0.25, 0.3) is 5.91 Å². The van der Waals surface area contributed by atoms with Crippen LogP contribution >= 0.6 is 0 Å². The second-order valence-corrected chi connectivity index (χ2v) is 6.78. The number of methoxy groups -OCH3 is 2. The van der Waals surface area contributed by atoms with Gasteiger partial charge in [-0.3, -0.25) is 4.79 Å². The van der Waals surface area contributed by atoms with Crippen molar-refractivity contribution in [1.29, 1.82) is 0 Å². The van der Waals surface area contributed by atoms with E-state index in [0.717, 1.165) is 11.3 Å². The summed E-state index contributed by atoms with van der Waals surface area (Å²) in [4.78, 5) is 14.8. The minimum atomic E-state index is -0.127. The quantitative estimate of drug-likeness (QED) is 0.520. The minimum Gasteiger partial charge on any atom is -0.493 e. The molecule has 0 spiro atoms. The Morgan fingerprint density at radius 3 is 2.48 bits per heavy atom. The molecule has 0 saturated carbocycles. The summed E-state index contributed by atoms with van der Waals surface area (Å²) in [6, 6.07) is 9.12. The van der Waals surface area contributed by atoms with Crippen LogP contribution in [0.3, 0.4) is 0 Å². The second kappa shape index (κ2) is 9.92. The van der Waals surface area contributed by atoms with Gasteiger partial charge in [0.2, 0.25) is 5.88 Å². The lowest BCUT2D eigenvalue weighted by atomic mass is 10.1. The predicted molar refractivity (Wildman–Crippen MR) is 115 cm³/mol. The van der Waals surface area contributed by atoms with Crippen molar-refractivity contribution in [2.24, 2.45) is 0 Å². The third-order valence-corrected chi connectivity index (χ3v) is 4.78. The molecule has 0 saturated heterocycles. The fourth-order valence-electron chi connectivity index (χ4n) is 3.26. The van der Waals surface area contributed by atoms with Crippen molar-refractivity contribution < 1.29 is 19.0 Å². The third kappa shape index (κ3) is 4.76. The van der Waals surface area contributed by atoms with E-state index in [4.69, 9.17) is 14.2 Å². The highest BCUT2D eigenvalue weighted by Crippen LogP contribution is 2.28. The van der Waals surface area contributed by atoms with Crippen molar-refractivity contribution in [3.05, 3.63) is 53.3 Å². The molecule has 0 bridgehead atoms. The largest absolute Gasteiger partial charge is 0.493 e. The van der Waals surface area contributed by atoms with E-state index in [2.05, 4.69) is 15.3 Å². The zero-order valence-corrected chi connectivity index (χ0v) is 18.5. The van der Waals surface area contributed by atoms with Crippen LogP contribution in [0.15, 0.2) is 36.5 Å². The molecule has 3 aromatic rings. The number of carbonyl (C=O) groups is 1. The first-order valence-electron chi connectivity index (χ1n) is 10.0. The van der Waals surface area contributed by atoms with Crippen LogP contribution in [-0.4, -0.2) is 58.7 Å². The monoisotopic (exact) mass is 425 g/mol. The lowest BCUT2D eigenvalue weighted by molar-refractivity contribution is 0.0784. The van der Waals surface area contributed by atoms with Gasteiger partial charge in [-0.05, 0) is 37.1 Å². The first kappa shape index (κ1) is 22.1. The predicted octanol–water partition coefficient (Wildman–Crippen LogP) is 2.91. The van der Waals surface area contributed by atoms with E-state index in [0.29, 0.717) is 48.3 Å². The van der Waals surface area contributed by atoms with Crippen LogP contribution in [0.5, 0.6) is 17.4 Å². The molecule has 0 atom stereocenters. The van der Waals surface area contributed by atoms with Gasteiger partial charge in [0.1, 0.15) is 0 Å². The number of rotatable bonds is 9. The molecule has 0 aliphatic carbocycles. The van der Waals surface area contributed by atoms with Crippen LogP contribution in [0.25, 0.3) is 5.82 Å². The van der Waals surface area contributed by atoms with E-state index in [1.165, 1.54) is 7.11 Å². The van der Waals surface area contributed by atoms with Gasteiger partial charge in [0.05, 0.1) is 38.3 Å². The van der Waals surface area contributed by atoms with Crippen LogP contribution in [0.2, 0.25) is 0 Å². The molecule has 3 rings (SSSR count). The number of nitrogens with zero attached hydrogens (tertiary/aromatic N) is 5. The molecule has 2 heterocycles. The summed E-state index contributed by atoms with van der Waals surface area (Å²) < 4.78 is 17.6. The zero-order chi connectivity index (χ0) is 22.4. The Balaban J connectivity index is 1.81. The highest BCUT2D eigenvalue weighted by molar-refractivity contribution is 5.95. The molecule has 1 amide bonds. The Morgan fingerprint density at radius 2 is 1.87 bits per heavy atom. The summed E-state index contributed by atoms with van der Waals surface area (Å²) in [5.41, 5.74) is 2.23. The number of benzene rings is 1. The van der Waals surface area contributed by atoms with Gasteiger partial charge >= 0.3 is 0 Å². The molecule has 1 aromatic carbocycles. The van der Waals surface area contributed by atoms with E-state index in [1.54, 1.807) is 42.1 Å². The van der Waals surface area contributed by atoms with Gasteiger partial charge in [-0.1, -0.05) is 13.0 Å². The molecule has 0 fully saturated rings. The van der Waals surface area contributed by atoms with Gasteiger partial charge in [0.15, 0.2) is 17.3 Å². The standard InChI is InChI=1S/C22H27N5O4/c1-6-17-16(13-23-27(17)20-10-11-21(30-5)25-24-20)22(28)26(3)14-15-8-9-18(31-7-2)19(12-15)29-4/h8-13H,6-7,14H2,1-5H3. The first-order chi connectivity index (χ1) is 15.0. The molecule has 9 nitrogen and oxygen atoms in total. The van der Waals surface area contributed by atoms with Crippen LogP contribution < -0.4 is 14.2 Å². The SMILES string of the molecule is CCOc1ccc(CN(C)C(=O)c2cnn(-c3ccc(OC)nn3)c2CC)cc1OC. The van der Waals surface area contributed by atoms with Gasteiger partial charge < -0.3 is 19.1 Å². The average Bonchev–Trinajstić information content (AvgIpc) is 3.23. The van der Waals surface area contributed by atoms with E-state index in [1.807, 2.05) is 32.0 Å². The molecular weight excluding hydrogens is 398 g/mol. The molecule has 31 heavy (non-hydrogen) atoms. The fraction of sp³-hybridized carbons (Fsp3) is 0.364. The summed E-state index contributed by atoms with van der Waals surface area (Å²) in [6.07, 6.45) is 2.18. The van der Waals surface area contributed by atoms with E-state index in [-0.39, 0.29) is 5.91 Å². The Bertz CT molecular complexity index is 1030. The molecule has 0 unspecified atom stereocenters. The highest BCUT2D eigenvalue weighted by Gasteiger charge is 2.21. The molecule has 164 valence electrons. The number of hydrogen-bond donors (Lipinski definition) is 0. The van der Waals surface area contributed by atoms with Crippen molar-refractivity contribution >= 4 is 5.91 Å². The summed E-state index contributed by atoms with van der Waals surface area (Å²) in [6.45, 7) is 4.86. The molecule has 0 N–H and O–H groups in total. The summed E-state index contributed by atoms with van der Waals surface area (Å²) >= 11 is 0. The molecule has 2 aromatic heterocycles. The van der Waals surface area contributed by atoms with Crippen LogP contribution in [-0.2, 0) is 13.0 Å². The molecule has 9 heteroatoms. The van der Waals surface area contributed by atoms with Crippen molar-refractivity contribution in [3.63, 3.8) is 0 Å². The lowest BCUT2D eigenvalue weighted by Crippen LogP contribution is -2.27. The number of amides is 1. The maximum absolute atomic E-state index is 13.2. The fourth-order valence-corrected chi connectivity index (χ4v) is 3.26. The zero-order valence-electron chi connectivity index (χ0n) is 18.5. The molecule has 0 aliphatic rings. The van der Waals surface area contributed by atoms with E-state index in [9.17, 15) is 4.79 Å². The maximum Gasteiger partial charge on any atom is 0.257 e. The Kier molecular flexibility index (Phi) is 7.07. The Morgan fingerprint density at radius 1 is 1.06 bits per heavy atom. The van der Waals surface area contributed by atoms with Crippen molar-refractivity contribution in [1.82, 2.24) is 24.9 Å². The van der Waals surface area contributed by atoms with Gasteiger partial charge in [-0.2, -0.15) is 5.10 Å². The summed E-state index contributed by atoms with van der Waals surface area (Å²) in [7, 11) is 4.89. The topological polar surface area (TPSA) is 91.6 Å². The smallest absolute Gasteiger partial charge is 0.257 e. The molecule has 0 radical (unpaired) electrons. The normalized spacial score (nSPS) is 10.6. The number of aromatic nitrogens is 4. The van der Waals surface area contributed by atoms with Gasteiger partial charge in [0, 0.05) is 19.7 Å². The highest BCUT2D eigenvalue weighted by atomic mass is 16.5. The Labute approximate surface area is 181 Å². The van der Waals surface area contributed by atoms with Crippen LogP contribution in [0, 0.1) is 0 Å². The maximum atomic E-state index is 13.2. The average molecular weight is 425 g/mol. The summed E-state index contributed by atoms with van der Waals surface area (Å²) in [5.74, 6) is 2.13. The molecule has 0 aliphatic heterocycles. The number of hydrogen-bond acceptors (Lipinski definition) is 7. The van der Waals surface area contributed by atoms with Crippen molar-refractivity contribution in [2.75, 3.05) is 27.9 Å². The van der Waals surface area contributed by atoms with Crippen molar-refractivity contribution in [2.45, 2.75) is 26.8 Å². The third-order valence-electron chi connectivity index (χ3n) is 4.78. The van der Waals surface area contributed by atoms with Gasteiger partial charge in [-0.15, -0.1) is 10.2 Å². The number of carbonyl (C=O) groups excluding carboxylic acids is 1. The van der Waals surface area contributed by atoms with E-state index < -0.39 is 0 Å². The lowest BCUT2D eigenvalue weighted by Gasteiger charge is -2.19. The van der Waals surface area contributed by atoms with Crippen LogP contribution in [0.4, 0.5) is 0 Å². The first-order valence-corrected chi connectivity index (χ1v) is 10.0. The van der Waals surface area contributed by atoms with Crippen molar-refractivity contribution in [3.8, 4) is 23.2 Å². The molecular formula is C22H27N5O4.